The van der Waals surface area contributed by atoms with Gasteiger partial charge < -0.3 is 10.8 Å². The first kappa shape index (κ1) is 8.94. The Morgan fingerprint density at radius 3 is 1.80 bits per heavy atom. The van der Waals surface area contributed by atoms with Crippen molar-refractivity contribution in [2.75, 3.05) is 0 Å². The molecule has 1 aliphatic rings. The fraction of sp³-hybridized carbons (Fsp3) is 0.667. The molecule has 4 heteroatoms. The van der Waals surface area contributed by atoms with Gasteiger partial charge in [0.1, 0.15) is 0 Å². The normalized spacial score (nSPS) is 14.9. The number of rotatable bonds is 1. The Labute approximate surface area is 59.0 Å². The highest BCUT2D eigenvalue weighted by Crippen LogP contribution is 2.27. The third-order valence-corrected chi connectivity index (χ3v) is 0.980. The highest BCUT2D eigenvalue weighted by atomic mass is 16.4. The second kappa shape index (κ2) is 3.87. The highest BCUT2D eigenvalue weighted by molar-refractivity contribution is 5.78. The van der Waals surface area contributed by atoms with Crippen molar-refractivity contribution in [1.29, 1.82) is 0 Å². The van der Waals surface area contributed by atoms with E-state index in [0.717, 1.165) is 19.8 Å². The van der Waals surface area contributed by atoms with Crippen molar-refractivity contribution in [3.63, 3.8) is 0 Å². The average molecular weight is 145 g/mol. The van der Waals surface area contributed by atoms with E-state index in [0.29, 0.717) is 0 Å². The molecule has 0 unspecified atom stereocenters. The molecule has 10 heavy (non-hydrogen) atoms. The Morgan fingerprint density at radius 2 is 1.80 bits per heavy atom. The van der Waals surface area contributed by atoms with Crippen molar-refractivity contribution in [3.8, 4) is 0 Å². The maximum absolute atomic E-state index is 9.98. The predicted molar refractivity (Wildman–Crippen MR) is 35.2 cm³/mol. The van der Waals surface area contributed by atoms with E-state index in [2.05, 4.69) is 0 Å². The summed E-state index contributed by atoms with van der Waals surface area (Å²) in [4.78, 5) is 19.0. The molecule has 0 spiro atoms. The molecule has 1 saturated carbocycles. The molecule has 4 nitrogen and oxygen atoms in total. The summed E-state index contributed by atoms with van der Waals surface area (Å²) in [6.45, 7) is 1.08. The summed E-state index contributed by atoms with van der Waals surface area (Å²) >= 11 is 0. The number of carboxylic acid groups (broad SMARTS) is 1. The summed E-state index contributed by atoms with van der Waals surface area (Å²) in [5.74, 6) is -0.722. The SMILES string of the molecule is CC(=O)O.NC(=O)C1CC1. The van der Waals surface area contributed by atoms with Crippen LogP contribution in [0.5, 0.6) is 0 Å². The van der Waals surface area contributed by atoms with Crippen molar-refractivity contribution in [2.45, 2.75) is 19.8 Å². The highest BCUT2D eigenvalue weighted by Gasteiger charge is 2.26. The zero-order chi connectivity index (χ0) is 8.15. The lowest BCUT2D eigenvalue weighted by Crippen LogP contribution is -2.11. The van der Waals surface area contributed by atoms with Crippen LogP contribution in [0.4, 0.5) is 0 Å². The molecule has 1 aliphatic carbocycles. The lowest BCUT2D eigenvalue weighted by Gasteiger charge is -1.77. The van der Waals surface area contributed by atoms with Crippen LogP contribution in [-0.2, 0) is 9.59 Å². The van der Waals surface area contributed by atoms with Gasteiger partial charge in [0.2, 0.25) is 5.91 Å². The van der Waals surface area contributed by atoms with Gasteiger partial charge in [-0.05, 0) is 12.8 Å². The second-order valence-corrected chi connectivity index (χ2v) is 2.20. The minimum atomic E-state index is -0.833. The summed E-state index contributed by atoms with van der Waals surface area (Å²) in [6, 6.07) is 0. The van der Waals surface area contributed by atoms with E-state index >= 15 is 0 Å². The second-order valence-electron chi connectivity index (χ2n) is 2.20. The van der Waals surface area contributed by atoms with Crippen molar-refractivity contribution in [2.24, 2.45) is 11.7 Å². The maximum Gasteiger partial charge on any atom is 0.300 e. The Balaban J connectivity index is 0.000000180. The van der Waals surface area contributed by atoms with Crippen LogP contribution in [0.3, 0.4) is 0 Å². The fourth-order valence-electron chi connectivity index (χ4n) is 0.368. The Hall–Kier alpha value is -1.06. The zero-order valence-corrected chi connectivity index (χ0v) is 5.83. The molecule has 0 atom stereocenters. The third kappa shape index (κ3) is 6.94. The molecule has 0 bridgehead atoms. The van der Waals surface area contributed by atoms with Crippen LogP contribution in [0.2, 0.25) is 0 Å². The van der Waals surface area contributed by atoms with Crippen molar-refractivity contribution in [1.82, 2.24) is 0 Å². The average Bonchev–Trinajstić information content (AvgIpc) is 2.38. The van der Waals surface area contributed by atoms with Gasteiger partial charge in [-0.15, -0.1) is 0 Å². The summed E-state index contributed by atoms with van der Waals surface area (Å²) in [6.07, 6.45) is 2.05. The monoisotopic (exact) mass is 145 g/mol. The zero-order valence-electron chi connectivity index (χ0n) is 5.83. The standard InChI is InChI=1S/C4H7NO.C2H4O2/c5-4(6)3-1-2-3;1-2(3)4/h3H,1-2H2,(H2,5,6);1H3,(H,3,4). The number of carboxylic acids is 1. The van der Waals surface area contributed by atoms with Crippen LogP contribution in [-0.4, -0.2) is 17.0 Å². The molecule has 0 aliphatic heterocycles. The lowest BCUT2D eigenvalue weighted by molar-refractivity contribution is -0.134. The van der Waals surface area contributed by atoms with Gasteiger partial charge in [0.05, 0.1) is 0 Å². The first-order chi connectivity index (χ1) is 4.54. The van der Waals surface area contributed by atoms with E-state index in [9.17, 15) is 4.79 Å². The number of carbonyl (C=O) groups excluding carboxylic acids is 1. The molecule has 0 aromatic heterocycles. The van der Waals surface area contributed by atoms with Gasteiger partial charge in [-0.25, -0.2) is 0 Å². The van der Waals surface area contributed by atoms with Crippen LogP contribution < -0.4 is 5.73 Å². The van der Waals surface area contributed by atoms with Gasteiger partial charge >= 0.3 is 0 Å². The van der Waals surface area contributed by atoms with E-state index in [-0.39, 0.29) is 11.8 Å². The molecule has 0 saturated heterocycles. The minimum Gasteiger partial charge on any atom is -0.481 e. The van der Waals surface area contributed by atoms with E-state index < -0.39 is 5.97 Å². The van der Waals surface area contributed by atoms with Crippen molar-refractivity contribution < 1.29 is 14.7 Å². The molecular weight excluding hydrogens is 134 g/mol. The van der Waals surface area contributed by atoms with Crippen LogP contribution in [0.15, 0.2) is 0 Å². The molecule has 0 aromatic carbocycles. The number of carbonyl (C=O) groups is 2. The molecule has 0 aromatic rings. The van der Waals surface area contributed by atoms with Gasteiger partial charge in [-0.1, -0.05) is 0 Å². The summed E-state index contributed by atoms with van der Waals surface area (Å²) < 4.78 is 0. The van der Waals surface area contributed by atoms with Crippen molar-refractivity contribution >= 4 is 11.9 Å². The fourth-order valence-corrected chi connectivity index (χ4v) is 0.368. The molecule has 3 N–H and O–H groups in total. The van der Waals surface area contributed by atoms with Gasteiger partial charge in [0, 0.05) is 12.8 Å². The van der Waals surface area contributed by atoms with E-state index in [4.69, 9.17) is 15.6 Å². The number of hydrogen-bond donors (Lipinski definition) is 2. The topological polar surface area (TPSA) is 80.4 Å². The van der Waals surface area contributed by atoms with Gasteiger partial charge in [-0.2, -0.15) is 0 Å². The lowest BCUT2D eigenvalue weighted by atomic mass is 10.4. The Bertz CT molecular complexity index is 136. The van der Waals surface area contributed by atoms with E-state index in [1.54, 1.807) is 0 Å². The summed E-state index contributed by atoms with van der Waals surface area (Å²) in [7, 11) is 0. The Morgan fingerprint density at radius 1 is 1.50 bits per heavy atom. The predicted octanol–water partition coefficient (Wildman–Crippen LogP) is -0.0274. The van der Waals surface area contributed by atoms with Gasteiger partial charge in [-0.3, -0.25) is 9.59 Å². The molecule has 0 radical (unpaired) electrons. The molecular formula is C6H11NO3. The van der Waals surface area contributed by atoms with Crippen LogP contribution in [0.25, 0.3) is 0 Å². The number of aliphatic carboxylic acids is 1. The summed E-state index contributed by atoms with van der Waals surface area (Å²) in [5.41, 5.74) is 4.86. The smallest absolute Gasteiger partial charge is 0.300 e. The van der Waals surface area contributed by atoms with Crippen molar-refractivity contribution in [3.05, 3.63) is 0 Å². The molecule has 1 fully saturated rings. The molecule has 1 rings (SSSR count). The van der Waals surface area contributed by atoms with E-state index in [1.807, 2.05) is 0 Å². The maximum atomic E-state index is 9.98. The third-order valence-electron chi connectivity index (χ3n) is 0.980. The summed E-state index contributed by atoms with van der Waals surface area (Å²) in [5, 5.41) is 7.42. The first-order valence-corrected chi connectivity index (χ1v) is 3.03. The molecule has 1 amide bonds. The van der Waals surface area contributed by atoms with Gasteiger partial charge in [0.15, 0.2) is 0 Å². The minimum absolute atomic E-state index is 0.130. The van der Waals surface area contributed by atoms with E-state index in [1.165, 1.54) is 0 Å². The number of primary amides is 1. The Kier molecular flexibility index (Phi) is 3.46. The number of nitrogens with two attached hydrogens (primary N) is 1. The van der Waals surface area contributed by atoms with Crippen LogP contribution in [0.1, 0.15) is 19.8 Å². The van der Waals surface area contributed by atoms with Crippen LogP contribution in [0, 0.1) is 5.92 Å². The quantitative estimate of drug-likeness (QED) is 0.543. The van der Waals surface area contributed by atoms with Crippen LogP contribution >= 0.6 is 0 Å². The number of amides is 1. The molecule has 58 valence electrons. The van der Waals surface area contributed by atoms with Gasteiger partial charge in [0.25, 0.3) is 5.97 Å². The largest absolute Gasteiger partial charge is 0.481 e. The first-order valence-electron chi connectivity index (χ1n) is 3.03. The number of hydrogen-bond acceptors (Lipinski definition) is 2. The molecule has 0 heterocycles.